The Hall–Kier alpha value is -1.55. The molecule has 1 N–H and O–H groups in total. The minimum atomic E-state index is 0.0769. The molecule has 0 aliphatic carbocycles. The first-order chi connectivity index (χ1) is 10.3. The molecule has 0 saturated carbocycles. The molecule has 3 aliphatic heterocycles. The zero-order valence-corrected chi connectivity index (χ0v) is 12.5. The van der Waals surface area contributed by atoms with E-state index < -0.39 is 0 Å². The summed E-state index contributed by atoms with van der Waals surface area (Å²) in [5, 5.41) is 3.21. The van der Waals surface area contributed by atoms with Crippen LogP contribution in [0.4, 0.5) is 10.5 Å². The van der Waals surface area contributed by atoms with E-state index in [-0.39, 0.29) is 11.6 Å². The third kappa shape index (κ3) is 2.13. The summed E-state index contributed by atoms with van der Waals surface area (Å²) in [6.07, 6.45) is 6.01. The second-order valence-corrected chi connectivity index (χ2v) is 6.61. The average Bonchev–Trinajstić information content (AvgIpc) is 3.18. The van der Waals surface area contributed by atoms with Gasteiger partial charge in [-0.3, -0.25) is 9.80 Å². The highest BCUT2D eigenvalue weighted by atomic mass is 16.2. The van der Waals surface area contributed by atoms with Gasteiger partial charge in [0.15, 0.2) is 0 Å². The van der Waals surface area contributed by atoms with Gasteiger partial charge in [0.25, 0.3) is 0 Å². The quantitative estimate of drug-likeness (QED) is 0.905. The zero-order chi connectivity index (χ0) is 14.3. The van der Waals surface area contributed by atoms with Crippen LogP contribution in [0.1, 0.15) is 31.2 Å². The number of urea groups is 1. The van der Waals surface area contributed by atoms with Gasteiger partial charge in [0, 0.05) is 24.3 Å². The van der Waals surface area contributed by atoms with Crippen molar-refractivity contribution in [2.24, 2.45) is 0 Å². The van der Waals surface area contributed by atoms with Crippen LogP contribution in [0.5, 0.6) is 0 Å². The van der Waals surface area contributed by atoms with Crippen molar-refractivity contribution in [3.05, 3.63) is 29.8 Å². The molecule has 0 radical (unpaired) electrons. The van der Waals surface area contributed by atoms with Crippen LogP contribution in [0, 0.1) is 0 Å². The number of carbonyl (C=O) groups excluding carboxylic acids is 1. The molecule has 2 amide bonds. The SMILES string of the molecule is O=C(NCC12CCCN1CCC2)N1CCc2ccccc21. The fraction of sp³-hybridized carbons (Fsp3) is 0.588. The van der Waals surface area contributed by atoms with Gasteiger partial charge in [-0.15, -0.1) is 0 Å². The van der Waals surface area contributed by atoms with Crippen molar-refractivity contribution in [1.82, 2.24) is 10.2 Å². The number of hydrogen-bond donors (Lipinski definition) is 1. The van der Waals surface area contributed by atoms with Crippen LogP contribution >= 0.6 is 0 Å². The maximum atomic E-state index is 12.5. The Kier molecular flexibility index (Phi) is 3.14. The van der Waals surface area contributed by atoms with Crippen molar-refractivity contribution >= 4 is 11.7 Å². The lowest BCUT2D eigenvalue weighted by Gasteiger charge is -2.33. The number of fused-ring (bicyclic) bond motifs is 2. The highest BCUT2D eigenvalue weighted by molar-refractivity contribution is 5.94. The van der Waals surface area contributed by atoms with Crippen LogP contribution in [0.15, 0.2) is 24.3 Å². The van der Waals surface area contributed by atoms with E-state index >= 15 is 0 Å². The minimum absolute atomic E-state index is 0.0769. The highest BCUT2D eigenvalue weighted by Gasteiger charge is 2.44. The molecule has 2 fully saturated rings. The first-order valence-corrected chi connectivity index (χ1v) is 8.17. The number of amides is 2. The number of anilines is 1. The summed E-state index contributed by atoms with van der Waals surface area (Å²) in [6, 6.07) is 8.31. The normalized spacial score (nSPS) is 23.1. The number of para-hydroxylation sites is 1. The standard InChI is InChI=1S/C17H23N3O/c21-16(20-12-7-14-5-1-2-6-15(14)20)18-13-17-8-3-10-19(17)11-4-9-17/h1-2,5-6H,3-4,7-13H2,(H,18,21). The van der Waals surface area contributed by atoms with Gasteiger partial charge in [-0.2, -0.15) is 0 Å². The zero-order valence-electron chi connectivity index (χ0n) is 12.5. The van der Waals surface area contributed by atoms with Crippen LogP contribution in [0.3, 0.4) is 0 Å². The molecule has 0 aromatic heterocycles. The largest absolute Gasteiger partial charge is 0.336 e. The Morgan fingerprint density at radius 1 is 1.14 bits per heavy atom. The lowest BCUT2D eigenvalue weighted by atomic mass is 9.94. The van der Waals surface area contributed by atoms with Gasteiger partial charge in [-0.1, -0.05) is 18.2 Å². The number of nitrogens with zero attached hydrogens (tertiary/aromatic N) is 2. The van der Waals surface area contributed by atoms with E-state index in [1.807, 2.05) is 17.0 Å². The Bertz CT molecular complexity index is 547. The van der Waals surface area contributed by atoms with Crippen LogP contribution in [0.2, 0.25) is 0 Å². The van der Waals surface area contributed by atoms with Crippen molar-refractivity contribution in [2.75, 3.05) is 31.1 Å². The fourth-order valence-corrected chi connectivity index (χ4v) is 4.40. The lowest BCUT2D eigenvalue weighted by molar-refractivity contribution is 0.188. The van der Waals surface area contributed by atoms with E-state index in [9.17, 15) is 4.79 Å². The fourth-order valence-electron chi connectivity index (χ4n) is 4.40. The van der Waals surface area contributed by atoms with E-state index in [0.717, 1.165) is 25.2 Å². The summed E-state index contributed by atoms with van der Waals surface area (Å²) >= 11 is 0. The molecule has 2 saturated heterocycles. The molecule has 1 aromatic carbocycles. The Labute approximate surface area is 126 Å². The first-order valence-electron chi connectivity index (χ1n) is 8.17. The number of nitrogens with one attached hydrogen (secondary N) is 1. The van der Waals surface area contributed by atoms with Crippen LogP contribution in [-0.4, -0.2) is 42.6 Å². The second-order valence-electron chi connectivity index (χ2n) is 6.61. The van der Waals surface area contributed by atoms with E-state index in [1.165, 1.54) is 44.3 Å². The Balaban J connectivity index is 1.43. The number of benzene rings is 1. The smallest absolute Gasteiger partial charge is 0.321 e. The molecule has 0 atom stereocenters. The lowest BCUT2D eigenvalue weighted by Crippen LogP contribution is -2.51. The predicted molar refractivity (Wildman–Crippen MR) is 83.7 cm³/mol. The highest BCUT2D eigenvalue weighted by Crippen LogP contribution is 2.38. The molecule has 0 unspecified atom stereocenters. The van der Waals surface area contributed by atoms with Crippen molar-refractivity contribution < 1.29 is 4.79 Å². The molecule has 0 bridgehead atoms. The number of hydrogen-bond acceptors (Lipinski definition) is 2. The number of carbonyl (C=O) groups is 1. The van der Waals surface area contributed by atoms with E-state index in [4.69, 9.17) is 0 Å². The summed E-state index contributed by atoms with van der Waals surface area (Å²) in [5.74, 6) is 0. The summed E-state index contributed by atoms with van der Waals surface area (Å²) < 4.78 is 0. The molecule has 0 spiro atoms. The van der Waals surface area contributed by atoms with Crippen molar-refractivity contribution in [1.29, 1.82) is 0 Å². The minimum Gasteiger partial charge on any atom is -0.336 e. The third-order valence-corrected chi connectivity index (χ3v) is 5.51. The van der Waals surface area contributed by atoms with E-state index in [1.54, 1.807) is 0 Å². The van der Waals surface area contributed by atoms with Gasteiger partial charge in [-0.25, -0.2) is 4.79 Å². The molecule has 4 rings (SSSR count). The van der Waals surface area contributed by atoms with Crippen molar-refractivity contribution in [2.45, 2.75) is 37.6 Å². The molecular weight excluding hydrogens is 262 g/mol. The van der Waals surface area contributed by atoms with Gasteiger partial charge in [-0.05, 0) is 56.8 Å². The van der Waals surface area contributed by atoms with E-state index in [2.05, 4.69) is 22.3 Å². The summed E-state index contributed by atoms with van der Waals surface area (Å²) in [7, 11) is 0. The van der Waals surface area contributed by atoms with Crippen LogP contribution in [-0.2, 0) is 6.42 Å². The molecule has 4 heteroatoms. The van der Waals surface area contributed by atoms with Crippen molar-refractivity contribution in [3.8, 4) is 0 Å². The molecule has 3 aliphatic rings. The van der Waals surface area contributed by atoms with E-state index in [0.29, 0.717) is 0 Å². The first kappa shape index (κ1) is 13.1. The number of rotatable bonds is 2. The van der Waals surface area contributed by atoms with Crippen molar-refractivity contribution in [3.63, 3.8) is 0 Å². The third-order valence-electron chi connectivity index (χ3n) is 5.51. The van der Waals surface area contributed by atoms with Crippen LogP contribution < -0.4 is 10.2 Å². The summed E-state index contributed by atoms with van der Waals surface area (Å²) in [4.78, 5) is 17.0. The second kappa shape index (κ2) is 5.02. The molecule has 4 nitrogen and oxygen atoms in total. The Morgan fingerprint density at radius 2 is 1.90 bits per heavy atom. The molecule has 112 valence electrons. The monoisotopic (exact) mass is 285 g/mol. The van der Waals surface area contributed by atoms with Gasteiger partial charge in [0.05, 0.1) is 0 Å². The van der Waals surface area contributed by atoms with Gasteiger partial charge in [0.1, 0.15) is 0 Å². The average molecular weight is 285 g/mol. The summed E-state index contributed by atoms with van der Waals surface area (Å²) in [5.41, 5.74) is 2.63. The van der Waals surface area contributed by atoms with Crippen LogP contribution in [0.25, 0.3) is 0 Å². The summed E-state index contributed by atoms with van der Waals surface area (Å²) in [6.45, 7) is 4.04. The molecule has 21 heavy (non-hydrogen) atoms. The Morgan fingerprint density at radius 3 is 2.71 bits per heavy atom. The maximum Gasteiger partial charge on any atom is 0.321 e. The van der Waals surface area contributed by atoms with Gasteiger partial charge >= 0.3 is 6.03 Å². The molecular formula is C17H23N3O. The van der Waals surface area contributed by atoms with Gasteiger partial charge in [0.2, 0.25) is 0 Å². The molecule has 1 aromatic rings. The topological polar surface area (TPSA) is 35.6 Å². The predicted octanol–water partition coefficient (Wildman–Crippen LogP) is 2.39. The molecule has 3 heterocycles. The van der Waals surface area contributed by atoms with Gasteiger partial charge < -0.3 is 5.32 Å². The maximum absolute atomic E-state index is 12.5.